The summed E-state index contributed by atoms with van der Waals surface area (Å²) < 4.78 is 5.18. The van der Waals surface area contributed by atoms with Gasteiger partial charge in [-0.05, 0) is 50.2 Å². The summed E-state index contributed by atoms with van der Waals surface area (Å²) in [7, 11) is 0. The summed E-state index contributed by atoms with van der Waals surface area (Å²) >= 11 is 0. The minimum absolute atomic E-state index is 0.0450. The molecule has 2 N–H and O–H groups in total. The molecule has 0 saturated carbocycles. The number of aliphatic hydroxyl groups excluding tert-OH is 1. The SMILES string of the molecule is CC(O)CC(C)C(C)CCCOC(=O)c1ccccc1C(=O)O. The van der Waals surface area contributed by atoms with Crippen LogP contribution in [0.15, 0.2) is 24.3 Å². The van der Waals surface area contributed by atoms with Crippen molar-refractivity contribution in [3.05, 3.63) is 35.4 Å². The van der Waals surface area contributed by atoms with Gasteiger partial charge < -0.3 is 14.9 Å². The van der Waals surface area contributed by atoms with Gasteiger partial charge >= 0.3 is 11.9 Å². The minimum atomic E-state index is -1.14. The van der Waals surface area contributed by atoms with Gasteiger partial charge in [-0.25, -0.2) is 9.59 Å². The molecule has 3 unspecified atom stereocenters. The maximum atomic E-state index is 12.0. The van der Waals surface area contributed by atoms with Gasteiger partial charge in [-0.15, -0.1) is 0 Å². The van der Waals surface area contributed by atoms with Crippen molar-refractivity contribution >= 4 is 11.9 Å². The number of rotatable bonds is 9. The zero-order chi connectivity index (χ0) is 17.4. The number of ether oxygens (including phenoxy) is 1. The molecule has 5 heteroatoms. The van der Waals surface area contributed by atoms with Gasteiger partial charge in [-0.1, -0.05) is 26.0 Å². The van der Waals surface area contributed by atoms with Crippen LogP contribution in [-0.2, 0) is 4.74 Å². The Morgan fingerprint density at radius 2 is 1.70 bits per heavy atom. The Labute approximate surface area is 137 Å². The lowest BCUT2D eigenvalue weighted by Gasteiger charge is -2.21. The number of aromatic carboxylic acids is 1. The Morgan fingerprint density at radius 3 is 2.26 bits per heavy atom. The first-order valence-corrected chi connectivity index (χ1v) is 8.00. The lowest BCUT2D eigenvalue weighted by molar-refractivity contribution is 0.0480. The van der Waals surface area contributed by atoms with Crippen molar-refractivity contribution in [3.8, 4) is 0 Å². The van der Waals surface area contributed by atoms with Crippen molar-refractivity contribution in [3.63, 3.8) is 0 Å². The lowest BCUT2D eigenvalue weighted by atomic mass is 9.88. The number of aliphatic hydroxyl groups is 1. The number of hydrogen-bond acceptors (Lipinski definition) is 4. The average Bonchev–Trinajstić information content (AvgIpc) is 2.50. The molecule has 5 nitrogen and oxygen atoms in total. The van der Waals surface area contributed by atoms with Gasteiger partial charge in [0.1, 0.15) is 0 Å². The normalized spacial score (nSPS) is 14.8. The van der Waals surface area contributed by atoms with E-state index >= 15 is 0 Å². The number of hydrogen-bond donors (Lipinski definition) is 2. The van der Waals surface area contributed by atoms with E-state index in [1.54, 1.807) is 19.1 Å². The summed E-state index contributed by atoms with van der Waals surface area (Å²) in [6.45, 7) is 6.27. The number of esters is 1. The summed E-state index contributed by atoms with van der Waals surface area (Å²) in [4.78, 5) is 23.1. The molecule has 0 aliphatic rings. The largest absolute Gasteiger partial charge is 0.478 e. The first kappa shape index (κ1) is 19.2. The van der Waals surface area contributed by atoms with E-state index in [0.717, 1.165) is 12.8 Å². The van der Waals surface area contributed by atoms with Crippen LogP contribution < -0.4 is 0 Å². The summed E-state index contributed by atoms with van der Waals surface area (Å²) in [5.74, 6) is -0.918. The minimum Gasteiger partial charge on any atom is -0.478 e. The van der Waals surface area contributed by atoms with Crippen molar-refractivity contribution in [2.45, 2.75) is 46.1 Å². The molecule has 0 aliphatic carbocycles. The molecule has 3 atom stereocenters. The lowest BCUT2D eigenvalue weighted by Crippen LogP contribution is -2.16. The highest BCUT2D eigenvalue weighted by Gasteiger charge is 2.18. The molecule has 0 amide bonds. The second-order valence-electron chi connectivity index (χ2n) is 6.17. The molecule has 0 aromatic heterocycles. The van der Waals surface area contributed by atoms with Crippen molar-refractivity contribution in [2.24, 2.45) is 11.8 Å². The molecular formula is C18H26O5. The molecular weight excluding hydrogens is 296 g/mol. The van der Waals surface area contributed by atoms with Crippen LogP contribution in [-0.4, -0.2) is 34.9 Å². The molecule has 0 heterocycles. The van der Waals surface area contributed by atoms with Crippen LogP contribution in [0.1, 0.15) is 60.7 Å². The fourth-order valence-electron chi connectivity index (χ4n) is 2.55. The molecule has 128 valence electrons. The summed E-state index contributed by atoms with van der Waals surface area (Å²) in [6, 6.07) is 6.03. The van der Waals surface area contributed by atoms with Crippen LogP contribution in [0.5, 0.6) is 0 Å². The van der Waals surface area contributed by atoms with Crippen LogP contribution >= 0.6 is 0 Å². The topological polar surface area (TPSA) is 83.8 Å². The van der Waals surface area contributed by atoms with Crippen molar-refractivity contribution < 1.29 is 24.5 Å². The second kappa shape index (κ2) is 9.30. The van der Waals surface area contributed by atoms with E-state index in [9.17, 15) is 14.7 Å². The molecule has 0 bridgehead atoms. The smallest absolute Gasteiger partial charge is 0.339 e. The fourth-order valence-corrected chi connectivity index (χ4v) is 2.55. The highest BCUT2D eigenvalue weighted by molar-refractivity contribution is 6.02. The number of carboxylic acids is 1. The number of carboxylic acid groups (broad SMARTS) is 1. The van der Waals surface area contributed by atoms with Crippen LogP contribution in [0.25, 0.3) is 0 Å². The van der Waals surface area contributed by atoms with E-state index in [0.29, 0.717) is 18.3 Å². The number of carbonyl (C=O) groups excluding carboxylic acids is 1. The molecule has 0 aliphatic heterocycles. The van der Waals surface area contributed by atoms with Gasteiger partial charge in [0.25, 0.3) is 0 Å². The summed E-state index contributed by atoms with van der Waals surface area (Å²) in [5, 5.41) is 18.5. The molecule has 0 fully saturated rings. The number of carbonyl (C=O) groups is 2. The number of benzene rings is 1. The monoisotopic (exact) mass is 322 g/mol. The molecule has 0 saturated heterocycles. The molecule has 1 rings (SSSR count). The third kappa shape index (κ3) is 6.40. The van der Waals surface area contributed by atoms with E-state index in [1.165, 1.54) is 12.1 Å². The molecule has 1 aromatic carbocycles. The summed E-state index contributed by atoms with van der Waals surface area (Å²) in [5.41, 5.74) is 0.0342. The first-order chi connectivity index (χ1) is 10.8. The molecule has 1 aromatic rings. The Morgan fingerprint density at radius 1 is 1.09 bits per heavy atom. The maximum Gasteiger partial charge on any atom is 0.339 e. The van der Waals surface area contributed by atoms with Gasteiger partial charge in [-0.2, -0.15) is 0 Å². The van der Waals surface area contributed by atoms with Crippen LogP contribution in [0.3, 0.4) is 0 Å². The molecule has 0 radical (unpaired) electrons. The van der Waals surface area contributed by atoms with Gasteiger partial charge in [0.2, 0.25) is 0 Å². The summed E-state index contributed by atoms with van der Waals surface area (Å²) in [6.07, 6.45) is 2.05. The first-order valence-electron chi connectivity index (χ1n) is 8.00. The van der Waals surface area contributed by atoms with Crippen LogP contribution in [0.4, 0.5) is 0 Å². The van der Waals surface area contributed by atoms with Crippen LogP contribution in [0, 0.1) is 11.8 Å². The maximum absolute atomic E-state index is 12.0. The van der Waals surface area contributed by atoms with Gasteiger partial charge in [0.15, 0.2) is 0 Å². The van der Waals surface area contributed by atoms with Gasteiger partial charge in [0, 0.05) is 0 Å². The predicted molar refractivity (Wildman–Crippen MR) is 87.5 cm³/mol. The Kier molecular flexibility index (Phi) is 7.75. The Balaban J connectivity index is 2.42. The predicted octanol–water partition coefficient (Wildman–Crippen LogP) is 3.36. The van der Waals surface area contributed by atoms with Crippen molar-refractivity contribution in [2.75, 3.05) is 6.61 Å². The average molecular weight is 322 g/mol. The van der Waals surface area contributed by atoms with E-state index in [4.69, 9.17) is 9.84 Å². The van der Waals surface area contributed by atoms with Crippen molar-refractivity contribution in [1.82, 2.24) is 0 Å². The van der Waals surface area contributed by atoms with Gasteiger partial charge in [-0.3, -0.25) is 0 Å². The quantitative estimate of drug-likeness (QED) is 0.538. The Bertz CT molecular complexity index is 524. The van der Waals surface area contributed by atoms with Crippen LogP contribution in [0.2, 0.25) is 0 Å². The highest BCUT2D eigenvalue weighted by Crippen LogP contribution is 2.21. The van der Waals surface area contributed by atoms with Gasteiger partial charge in [0.05, 0.1) is 23.8 Å². The van der Waals surface area contributed by atoms with E-state index < -0.39 is 11.9 Å². The zero-order valence-electron chi connectivity index (χ0n) is 14.0. The fraction of sp³-hybridized carbons (Fsp3) is 0.556. The second-order valence-corrected chi connectivity index (χ2v) is 6.17. The standard InChI is InChI=1S/C18H26O5/c1-12(13(2)11-14(3)19)7-6-10-23-18(22)16-9-5-4-8-15(16)17(20)21/h4-5,8-9,12-14,19H,6-7,10-11H2,1-3H3,(H,20,21). The van der Waals surface area contributed by atoms with E-state index in [2.05, 4.69) is 13.8 Å². The zero-order valence-corrected chi connectivity index (χ0v) is 14.0. The molecule has 0 spiro atoms. The van der Waals surface area contributed by atoms with E-state index in [1.807, 2.05) is 0 Å². The third-order valence-corrected chi connectivity index (χ3v) is 4.10. The highest BCUT2D eigenvalue weighted by atomic mass is 16.5. The molecule has 23 heavy (non-hydrogen) atoms. The van der Waals surface area contributed by atoms with E-state index in [-0.39, 0.29) is 23.8 Å². The third-order valence-electron chi connectivity index (χ3n) is 4.10. The van der Waals surface area contributed by atoms with Crippen molar-refractivity contribution in [1.29, 1.82) is 0 Å². The Hall–Kier alpha value is -1.88.